The van der Waals surface area contributed by atoms with Gasteiger partial charge in [-0.15, -0.1) is 0 Å². The van der Waals surface area contributed by atoms with Gasteiger partial charge in [0.05, 0.1) is 41.0 Å². The van der Waals surface area contributed by atoms with Crippen LogP contribution in [0, 0.1) is 6.92 Å². The van der Waals surface area contributed by atoms with Crippen LogP contribution in [0.4, 0.5) is 0 Å². The summed E-state index contributed by atoms with van der Waals surface area (Å²) < 4.78 is 0. The van der Waals surface area contributed by atoms with Crippen LogP contribution in [0.3, 0.4) is 0 Å². The molecule has 1 aliphatic heterocycles. The molecule has 0 saturated heterocycles. The third-order valence-corrected chi connectivity index (χ3v) is 5.21. The molecular formula is C22H19N5O. The van der Waals surface area contributed by atoms with Gasteiger partial charge in [0.25, 0.3) is 5.91 Å². The molecule has 138 valence electrons. The maximum absolute atomic E-state index is 13.5. The van der Waals surface area contributed by atoms with Crippen molar-refractivity contribution >= 4 is 16.8 Å². The van der Waals surface area contributed by atoms with Crippen LogP contribution in [-0.2, 0) is 13.0 Å². The first kappa shape index (κ1) is 16.6. The van der Waals surface area contributed by atoms with E-state index in [0.717, 1.165) is 45.5 Å². The van der Waals surface area contributed by atoms with Crippen LogP contribution >= 0.6 is 0 Å². The zero-order valence-corrected chi connectivity index (χ0v) is 15.5. The van der Waals surface area contributed by atoms with Gasteiger partial charge in [0.2, 0.25) is 0 Å². The van der Waals surface area contributed by atoms with Gasteiger partial charge in [0, 0.05) is 36.3 Å². The van der Waals surface area contributed by atoms with E-state index >= 15 is 0 Å². The highest BCUT2D eigenvalue weighted by atomic mass is 16.2. The zero-order chi connectivity index (χ0) is 19.1. The molecule has 0 unspecified atom stereocenters. The highest BCUT2D eigenvalue weighted by molar-refractivity contribution is 6.07. The van der Waals surface area contributed by atoms with Crippen molar-refractivity contribution in [2.24, 2.45) is 0 Å². The molecule has 6 heteroatoms. The summed E-state index contributed by atoms with van der Waals surface area (Å²) in [5, 5.41) is 0.882. The smallest absolute Gasteiger partial charge is 0.254 e. The number of hydrogen-bond donors (Lipinski definition) is 1. The summed E-state index contributed by atoms with van der Waals surface area (Å²) in [6.45, 7) is 3.24. The van der Waals surface area contributed by atoms with Gasteiger partial charge in [-0.05, 0) is 37.3 Å². The Bertz CT molecular complexity index is 1180. The van der Waals surface area contributed by atoms with E-state index in [4.69, 9.17) is 4.98 Å². The summed E-state index contributed by atoms with van der Waals surface area (Å²) in [5.74, 6) is 0.0170. The number of imidazole rings is 1. The second-order valence-electron chi connectivity index (χ2n) is 7.12. The molecule has 0 saturated carbocycles. The highest BCUT2D eigenvalue weighted by Crippen LogP contribution is 2.27. The maximum atomic E-state index is 13.5. The molecule has 1 aliphatic rings. The molecule has 1 amide bonds. The van der Waals surface area contributed by atoms with Crippen molar-refractivity contribution < 1.29 is 4.79 Å². The zero-order valence-electron chi connectivity index (χ0n) is 15.5. The van der Waals surface area contributed by atoms with E-state index in [0.29, 0.717) is 18.7 Å². The number of carbonyl (C=O) groups is 1. The van der Waals surface area contributed by atoms with Crippen LogP contribution < -0.4 is 0 Å². The van der Waals surface area contributed by atoms with Crippen molar-refractivity contribution in [3.05, 3.63) is 77.6 Å². The number of H-pyrrole nitrogens is 1. The average molecular weight is 369 g/mol. The Hall–Kier alpha value is -3.54. The number of aryl methyl sites for hydroxylation is 1. The van der Waals surface area contributed by atoms with Gasteiger partial charge in [-0.2, -0.15) is 0 Å². The number of aromatic nitrogens is 4. The van der Waals surface area contributed by atoms with Gasteiger partial charge in [-0.1, -0.05) is 11.6 Å². The lowest BCUT2D eigenvalue weighted by atomic mass is 10.0. The molecule has 0 spiro atoms. The molecule has 28 heavy (non-hydrogen) atoms. The quantitative estimate of drug-likeness (QED) is 0.587. The fourth-order valence-electron chi connectivity index (χ4n) is 3.73. The van der Waals surface area contributed by atoms with E-state index in [2.05, 4.69) is 15.0 Å². The molecule has 4 aromatic rings. The molecule has 5 rings (SSSR count). The third-order valence-electron chi connectivity index (χ3n) is 5.21. The fraction of sp³-hybridized carbons (Fsp3) is 0.182. The number of hydrogen-bond acceptors (Lipinski definition) is 4. The topological polar surface area (TPSA) is 74.8 Å². The Kier molecular flexibility index (Phi) is 3.90. The van der Waals surface area contributed by atoms with E-state index in [1.807, 2.05) is 48.2 Å². The lowest BCUT2D eigenvalue weighted by molar-refractivity contribution is 0.0734. The van der Waals surface area contributed by atoms with Crippen molar-refractivity contribution in [3.63, 3.8) is 0 Å². The molecule has 0 atom stereocenters. The van der Waals surface area contributed by atoms with Crippen molar-refractivity contribution in [1.29, 1.82) is 0 Å². The van der Waals surface area contributed by atoms with E-state index in [1.54, 1.807) is 18.7 Å². The molecule has 1 N–H and O–H groups in total. The van der Waals surface area contributed by atoms with Crippen LogP contribution in [0.15, 0.2) is 55.1 Å². The number of aromatic amines is 1. The summed E-state index contributed by atoms with van der Waals surface area (Å²) in [6, 6.07) is 11.8. The predicted octanol–water partition coefficient (Wildman–Crippen LogP) is 3.53. The second-order valence-corrected chi connectivity index (χ2v) is 7.12. The standard InChI is InChI=1S/C22H19N5O/c1-14-4-5-18-16(9-14)17(10-20(26-18)15-3-2-7-23-11-15)22(28)27-8-6-19-21(12-27)25-13-24-19/h2-5,7,9-11,13H,6,8,12H2,1H3,(H,24,25). The molecule has 3 aromatic heterocycles. The summed E-state index contributed by atoms with van der Waals surface area (Å²) in [4.78, 5) is 31.8. The van der Waals surface area contributed by atoms with E-state index in [9.17, 15) is 4.79 Å². The number of fused-ring (bicyclic) bond motifs is 2. The molecule has 0 fully saturated rings. The van der Waals surface area contributed by atoms with Crippen molar-refractivity contribution in [2.45, 2.75) is 19.9 Å². The van der Waals surface area contributed by atoms with E-state index in [1.165, 1.54) is 0 Å². The molecule has 6 nitrogen and oxygen atoms in total. The minimum absolute atomic E-state index is 0.0170. The first-order valence-electron chi connectivity index (χ1n) is 9.31. The Morgan fingerprint density at radius 2 is 2.14 bits per heavy atom. The maximum Gasteiger partial charge on any atom is 0.254 e. The fourth-order valence-corrected chi connectivity index (χ4v) is 3.73. The van der Waals surface area contributed by atoms with Gasteiger partial charge in [0.15, 0.2) is 0 Å². The number of pyridine rings is 2. The summed E-state index contributed by atoms with van der Waals surface area (Å²) in [6.07, 6.45) is 5.97. The van der Waals surface area contributed by atoms with Crippen molar-refractivity contribution in [2.75, 3.05) is 6.54 Å². The third kappa shape index (κ3) is 2.83. The molecule has 1 aromatic carbocycles. The van der Waals surface area contributed by atoms with E-state index in [-0.39, 0.29) is 5.91 Å². The van der Waals surface area contributed by atoms with E-state index < -0.39 is 0 Å². The molecule has 4 heterocycles. The number of benzene rings is 1. The Balaban J connectivity index is 1.63. The number of rotatable bonds is 2. The lowest BCUT2D eigenvalue weighted by Crippen LogP contribution is -2.36. The predicted molar refractivity (Wildman–Crippen MR) is 107 cm³/mol. The summed E-state index contributed by atoms with van der Waals surface area (Å²) >= 11 is 0. The lowest BCUT2D eigenvalue weighted by Gasteiger charge is -2.27. The highest BCUT2D eigenvalue weighted by Gasteiger charge is 2.25. The Labute approximate surface area is 162 Å². The second kappa shape index (κ2) is 6.56. The van der Waals surface area contributed by atoms with Gasteiger partial charge in [0.1, 0.15) is 0 Å². The van der Waals surface area contributed by atoms with Crippen LogP contribution in [0.1, 0.15) is 27.3 Å². The molecule has 0 aliphatic carbocycles. The first-order chi connectivity index (χ1) is 13.7. The van der Waals surface area contributed by atoms with Gasteiger partial charge < -0.3 is 9.88 Å². The summed E-state index contributed by atoms with van der Waals surface area (Å²) in [7, 11) is 0. The first-order valence-corrected chi connectivity index (χ1v) is 9.31. The Morgan fingerprint density at radius 1 is 1.21 bits per heavy atom. The van der Waals surface area contributed by atoms with Gasteiger partial charge in [-0.3, -0.25) is 9.78 Å². The number of carbonyl (C=O) groups excluding carboxylic acids is 1. The van der Waals surface area contributed by atoms with Crippen molar-refractivity contribution in [1.82, 2.24) is 24.8 Å². The molecule has 0 bridgehead atoms. The van der Waals surface area contributed by atoms with Crippen LogP contribution in [0.5, 0.6) is 0 Å². The van der Waals surface area contributed by atoms with Gasteiger partial charge in [-0.25, -0.2) is 9.97 Å². The monoisotopic (exact) mass is 369 g/mol. The van der Waals surface area contributed by atoms with Crippen LogP contribution in [0.2, 0.25) is 0 Å². The Morgan fingerprint density at radius 3 is 3.00 bits per heavy atom. The molecular weight excluding hydrogens is 350 g/mol. The number of nitrogens with zero attached hydrogens (tertiary/aromatic N) is 4. The SMILES string of the molecule is Cc1ccc2nc(-c3cccnc3)cc(C(=O)N3CCc4nc[nH]c4C3)c2c1. The normalized spacial score (nSPS) is 13.5. The summed E-state index contributed by atoms with van der Waals surface area (Å²) in [5.41, 5.74) is 6.31. The number of nitrogens with one attached hydrogen (secondary N) is 1. The largest absolute Gasteiger partial charge is 0.347 e. The van der Waals surface area contributed by atoms with Crippen LogP contribution in [-0.4, -0.2) is 37.3 Å². The van der Waals surface area contributed by atoms with Crippen molar-refractivity contribution in [3.8, 4) is 11.3 Å². The van der Waals surface area contributed by atoms with Gasteiger partial charge >= 0.3 is 0 Å². The van der Waals surface area contributed by atoms with Crippen LogP contribution in [0.25, 0.3) is 22.2 Å². The minimum atomic E-state index is 0.0170. The molecule has 0 radical (unpaired) electrons. The average Bonchev–Trinajstić information content (AvgIpc) is 3.21. The number of amides is 1. The minimum Gasteiger partial charge on any atom is -0.347 e.